The van der Waals surface area contributed by atoms with Crippen molar-refractivity contribution in [1.82, 2.24) is 20.2 Å². The number of carbonyl (C=O) groups is 2. The maximum Gasteiger partial charge on any atom is 0.416 e. The molecule has 3 aromatic rings. The zero-order valence-electron chi connectivity index (χ0n) is 25.0. The van der Waals surface area contributed by atoms with Crippen LogP contribution in [0.15, 0.2) is 53.8 Å². The first-order chi connectivity index (χ1) is 22.2. The van der Waals surface area contributed by atoms with Gasteiger partial charge in [-0.25, -0.2) is 15.2 Å². The lowest BCUT2D eigenvalue weighted by atomic mass is 10.0. The number of amides is 3. The number of hydrogen-bond acceptors (Lipinski definition) is 8. The van der Waals surface area contributed by atoms with E-state index in [1.807, 2.05) is 11.0 Å². The molecule has 46 heavy (non-hydrogen) atoms. The number of alkyl halides is 3. The van der Waals surface area contributed by atoms with Gasteiger partial charge in [-0.3, -0.25) is 9.69 Å². The summed E-state index contributed by atoms with van der Waals surface area (Å²) in [6.07, 6.45) is -2.47. The smallest absolute Gasteiger partial charge is 0.416 e. The lowest BCUT2D eigenvalue weighted by molar-refractivity contribution is -0.138. The van der Waals surface area contributed by atoms with E-state index in [-0.39, 0.29) is 35.7 Å². The topological polar surface area (TPSA) is 120 Å². The second-order valence-corrected chi connectivity index (χ2v) is 11.7. The average molecular weight is 636 g/mol. The summed E-state index contributed by atoms with van der Waals surface area (Å²) < 4.78 is 54.0. The van der Waals surface area contributed by atoms with E-state index >= 15 is 0 Å². The van der Waals surface area contributed by atoms with Gasteiger partial charge in [-0.2, -0.15) is 18.3 Å². The summed E-state index contributed by atoms with van der Waals surface area (Å²) in [6.45, 7) is 6.22. The molecule has 0 spiro atoms. The van der Waals surface area contributed by atoms with Gasteiger partial charge in [0.1, 0.15) is 23.1 Å². The van der Waals surface area contributed by atoms with E-state index in [2.05, 4.69) is 38.0 Å². The number of rotatable bonds is 7. The predicted octanol–water partition coefficient (Wildman–Crippen LogP) is 4.95. The molecule has 0 unspecified atom stereocenters. The van der Waals surface area contributed by atoms with Crippen LogP contribution in [-0.2, 0) is 23.9 Å². The van der Waals surface area contributed by atoms with Crippen molar-refractivity contribution in [3.63, 3.8) is 0 Å². The third-order valence-corrected chi connectivity index (χ3v) is 8.74. The number of piperazine rings is 1. The highest BCUT2D eigenvalue weighted by Gasteiger charge is 2.56. The van der Waals surface area contributed by atoms with Crippen LogP contribution in [0.4, 0.5) is 29.5 Å². The number of fused-ring (bicyclic) bond motifs is 4. The van der Waals surface area contributed by atoms with Crippen LogP contribution < -0.4 is 25.5 Å². The molecule has 3 aliphatic heterocycles. The van der Waals surface area contributed by atoms with E-state index in [1.165, 1.54) is 12.1 Å². The fourth-order valence-electron chi connectivity index (χ4n) is 6.20. The number of likely N-dealkylation sites (N-methyl/N-ethyl adjacent to an activating group) is 1. The van der Waals surface area contributed by atoms with Gasteiger partial charge in [0.15, 0.2) is 6.10 Å². The molecular formula is C32H32F3N7O4. The normalized spacial score (nSPS) is 21.5. The molecule has 2 atom stereocenters. The zero-order valence-corrected chi connectivity index (χ0v) is 25.0. The molecule has 7 rings (SSSR count). The molecule has 2 fully saturated rings. The molecule has 4 heterocycles. The monoisotopic (exact) mass is 635 g/mol. The summed E-state index contributed by atoms with van der Waals surface area (Å²) in [5.74, 6) is 2.07. The SMILES string of the molecule is CCN1CCN(Cc2ccc(NC(=O)NN=C3[C@H]4Oc5ccc(Oc6ccnc7c6CCC(=O)N7)cc5[C@@H]34)cc2C(F)(F)F)CC1. The van der Waals surface area contributed by atoms with Gasteiger partial charge < -0.3 is 25.0 Å². The molecule has 11 nitrogen and oxygen atoms in total. The molecule has 0 bridgehead atoms. The van der Waals surface area contributed by atoms with Crippen LogP contribution in [0.5, 0.6) is 17.2 Å². The Balaban J connectivity index is 0.984. The average Bonchev–Trinajstić information content (AvgIpc) is 3.59. The number of hydrogen-bond donors (Lipinski definition) is 3. The highest BCUT2D eigenvalue weighted by Crippen LogP contribution is 2.52. The van der Waals surface area contributed by atoms with E-state index in [9.17, 15) is 22.8 Å². The number of ether oxygens (including phenoxy) is 2. The molecule has 14 heteroatoms. The Morgan fingerprint density at radius 2 is 1.91 bits per heavy atom. The molecule has 240 valence electrons. The number of nitrogens with one attached hydrogen (secondary N) is 3. The third kappa shape index (κ3) is 6.09. The Morgan fingerprint density at radius 1 is 1.11 bits per heavy atom. The van der Waals surface area contributed by atoms with E-state index in [4.69, 9.17) is 9.47 Å². The molecule has 1 aromatic heterocycles. The van der Waals surface area contributed by atoms with Gasteiger partial charge in [0.2, 0.25) is 5.91 Å². The van der Waals surface area contributed by atoms with Crippen molar-refractivity contribution in [1.29, 1.82) is 0 Å². The van der Waals surface area contributed by atoms with Crippen LogP contribution in [0.1, 0.15) is 41.5 Å². The van der Waals surface area contributed by atoms with Crippen molar-refractivity contribution in [3.8, 4) is 17.2 Å². The largest absolute Gasteiger partial charge is 0.483 e. The van der Waals surface area contributed by atoms with Crippen LogP contribution in [0.2, 0.25) is 0 Å². The summed E-state index contributed by atoms with van der Waals surface area (Å²) in [5.41, 5.74) is 4.06. The first-order valence-electron chi connectivity index (χ1n) is 15.2. The second-order valence-electron chi connectivity index (χ2n) is 11.7. The molecule has 0 radical (unpaired) electrons. The van der Waals surface area contributed by atoms with E-state index in [0.717, 1.165) is 36.8 Å². The van der Waals surface area contributed by atoms with Gasteiger partial charge >= 0.3 is 12.2 Å². The summed E-state index contributed by atoms with van der Waals surface area (Å²) in [7, 11) is 0. The van der Waals surface area contributed by atoms with E-state index in [0.29, 0.717) is 54.7 Å². The maximum atomic E-state index is 14.0. The Kier molecular flexibility index (Phi) is 7.77. The van der Waals surface area contributed by atoms with Crippen LogP contribution in [0, 0.1) is 0 Å². The molecule has 3 amide bonds. The van der Waals surface area contributed by atoms with Gasteiger partial charge in [-0.15, -0.1) is 0 Å². The Hall–Kier alpha value is -4.69. The number of carbonyl (C=O) groups excluding carboxylic acids is 2. The van der Waals surface area contributed by atoms with Gasteiger partial charge in [0, 0.05) is 62.2 Å². The zero-order chi connectivity index (χ0) is 32.0. The molecule has 2 aromatic carbocycles. The lowest BCUT2D eigenvalue weighted by Gasteiger charge is -2.34. The number of hydrazone groups is 1. The summed E-state index contributed by atoms with van der Waals surface area (Å²) in [4.78, 5) is 32.8. The minimum absolute atomic E-state index is 0.0156. The first-order valence-corrected chi connectivity index (χ1v) is 15.2. The molecule has 4 aliphatic rings. The Labute approximate surface area is 262 Å². The van der Waals surface area contributed by atoms with E-state index in [1.54, 1.807) is 24.4 Å². The molecule has 3 N–H and O–H groups in total. The molecule has 1 saturated heterocycles. The van der Waals surface area contributed by atoms with Crippen LogP contribution >= 0.6 is 0 Å². The van der Waals surface area contributed by atoms with Gasteiger partial charge in [0.25, 0.3) is 0 Å². The predicted molar refractivity (Wildman–Crippen MR) is 163 cm³/mol. The van der Waals surface area contributed by atoms with Gasteiger partial charge in [0.05, 0.1) is 17.2 Å². The quantitative estimate of drug-likeness (QED) is 0.314. The van der Waals surface area contributed by atoms with Crippen LogP contribution in [0.25, 0.3) is 0 Å². The van der Waals surface area contributed by atoms with Crippen molar-refractivity contribution in [2.24, 2.45) is 5.10 Å². The number of nitrogens with zero attached hydrogens (tertiary/aromatic N) is 4. The number of halogens is 3. The number of pyridine rings is 1. The number of urea groups is 1. The molecule has 1 aliphatic carbocycles. The van der Waals surface area contributed by atoms with Gasteiger partial charge in [-0.05, 0) is 54.9 Å². The van der Waals surface area contributed by atoms with E-state index < -0.39 is 17.8 Å². The summed E-state index contributed by atoms with van der Waals surface area (Å²) in [6, 6.07) is 10.3. The summed E-state index contributed by atoms with van der Waals surface area (Å²) in [5, 5.41) is 9.40. The highest BCUT2D eigenvalue weighted by molar-refractivity contribution is 6.14. The fraction of sp³-hybridized carbons (Fsp3) is 0.375. The molecular weight excluding hydrogens is 603 g/mol. The standard InChI is InChI=1S/C32H32F3N7O4/c1-2-41-11-13-42(14-12-41)17-18-3-4-19(15-23(18)32(33,34)35)37-31(44)40-39-28-27-22-16-20(5-7-24(22)46-29(27)28)45-25-9-10-36-30-21(25)6-8-26(43)38-30/h3-5,7,9-10,15-16,27,29H,2,6,8,11-14,17H2,1H3,(H,36,38,43)(H2,37,40,44)/t27-,29-/m0/s1. The number of benzene rings is 2. The van der Waals surface area contributed by atoms with Crippen molar-refractivity contribution in [2.75, 3.05) is 43.4 Å². The maximum absolute atomic E-state index is 14.0. The van der Waals surface area contributed by atoms with Crippen molar-refractivity contribution >= 4 is 29.2 Å². The number of aromatic nitrogens is 1. The van der Waals surface area contributed by atoms with Crippen LogP contribution in [-0.4, -0.2) is 71.3 Å². The minimum atomic E-state index is -4.57. The minimum Gasteiger partial charge on any atom is -0.483 e. The number of anilines is 2. The first kappa shape index (κ1) is 30.0. The second kappa shape index (κ2) is 11.9. The molecule has 1 saturated carbocycles. The van der Waals surface area contributed by atoms with Crippen molar-refractivity contribution in [3.05, 3.63) is 70.9 Å². The summed E-state index contributed by atoms with van der Waals surface area (Å²) >= 11 is 0. The Morgan fingerprint density at radius 3 is 2.70 bits per heavy atom. The lowest BCUT2D eigenvalue weighted by Crippen LogP contribution is -2.45. The van der Waals surface area contributed by atoms with Gasteiger partial charge in [-0.1, -0.05) is 13.0 Å². The fourth-order valence-corrected chi connectivity index (χ4v) is 6.20. The third-order valence-electron chi connectivity index (χ3n) is 8.74. The van der Waals surface area contributed by atoms with Crippen molar-refractivity contribution < 1.29 is 32.2 Å². The highest BCUT2D eigenvalue weighted by atomic mass is 19.4. The Bertz CT molecular complexity index is 1720. The van der Waals surface area contributed by atoms with Crippen molar-refractivity contribution in [2.45, 2.75) is 44.5 Å². The van der Waals surface area contributed by atoms with Crippen LogP contribution in [0.3, 0.4) is 0 Å².